The van der Waals surface area contributed by atoms with Gasteiger partial charge in [-0.2, -0.15) is 0 Å². The van der Waals surface area contributed by atoms with Crippen molar-refractivity contribution in [2.75, 3.05) is 0 Å². The summed E-state index contributed by atoms with van der Waals surface area (Å²) < 4.78 is 47.4. The van der Waals surface area contributed by atoms with Gasteiger partial charge in [0.05, 0.1) is 17.9 Å². The Morgan fingerprint density at radius 1 is 0.429 bits per heavy atom. The zero-order valence-corrected chi connectivity index (χ0v) is 30.6. The third kappa shape index (κ3) is 5.40. The number of rotatable bonds is 6. The van der Waals surface area contributed by atoms with E-state index in [1.165, 1.54) is 22.1 Å². The molecule has 0 amide bonds. The smallest absolute Gasteiger partial charge is 0.164 e. The van der Waals surface area contributed by atoms with E-state index in [9.17, 15) is 0 Å². The lowest BCUT2D eigenvalue weighted by Crippen LogP contribution is -2.01. The standard InChI is InChI=1S/C51H32N4S/c1-4-16-33(17-5-1)37-31-42(34-18-6-2-7-19-34)48-43(32-37)47-41(26-15-29-46(47)56-48)51-53-49(35-20-8-3-9-21-35)52-50(54-51)36-22-14-23-38(30-36)55-44-27-12-10-24-39(44)40-25-11-13-28-45(40)55/h1-32H/i2D,6D,7D,18D,19D. The van der Waals surface area contributed by atoms with Gasteiger partial charge in [0.1, 0.15) is 0 Å². The molecule has 0 radical (unpaired) electrons. The normalized spacial score (nSPS) is 12.8. The minimum Gasteiger partial charge on any atom is -0.309 e. The molecule has 3 heterocycles. The highest BCUT2D eigenvalue weighted by Gasteiger charge is 2.20. The number of benzene rings is 8. The van der Waals surface area contributed by atoms with Gasteiger partial charge in [-0.25, -0.2) is 15.0 Å². The summed E-state index contributed by atoms with van der Waals surface area (Å²) in [7, 11) is 0. The van der Waals surface area contributed by atoms with Gasteiger partial charge in [-0.3, -0.25) is 0 Å². The first-order valence-electron chi connectivity index (χ1n) is 20.9. The van der Waals surface area contributed by atoms with E-state index in [2.05, 4.69) is 71.3 Å². The van der Waals surface area contributed by atoms with Crippen molar-refractivity contribution in [2.24, 2.45) is 0 Å². The van der Waals surface area contributed by atoms with E-state index < -0.39 is 6.04 Å². The number of thiophene rings is 1. The van der Waals surface area contributed by atoms with E-state index in [4.69, 9.17) is 21.8 Å². The molecule has 0 saturated heterocycles. The van der Waals surface area contributed by atoms with Crippen LogP contribution in [0.2, 0.25) is 0 Å². The topological polar surface area (TPSA) is 43.6 Å². The number of hydrogen-bond donors (Lipinski definition) is 0. The SMILES string of the molecule is [2H]c1c([2H])c([2H])c(-c2cc(-c3ccccc3)cc3c2sc2cccc(-c4nc(-c5ccccc5)nc(-c5cccc(-n6c7ccccc7c7ccccc76)c5)n4)c23)c([2H])c1[2H]. The van der Waals surface area contributed by atoms with Gasteiger partial charge in [-0.05, 0) is 59.2 Å². The summed E-state index contributed by atoms with van der Waals surface area (Å²) in [5.74, 6) is 1.54. The number of nitrogens with zero attached hydrogens (tertiary/aromatic N) is 4. The Bertz CT molecular complexity index is 3470. The molecule has 5 heteroatoms. The number of fused-ring (bicyclic) bond motifs is 6. The first-order valence-corrected chi connectivity index (χ1v) is 19.2. The zero-order chi connectivity index (χ0) is 41.4. The maximum atomic E-state index is 8.99. The van der Waals surface area contributed by atoms with E-state index in [1.807, 2.05) is 97.1 Å². The predicted molar refractivity (Wildman–Crippen MR) is 234 cm³/mol. The molecule has 56 heavy (non-hydrogen) atoms. The van der Waals surface area contributed by atoms with Gasteiger partial charge in [-0.1, -0.05) is 152 Å². The summed E-state index contributed by atoms with van der Waals surface area (Å²) in [6.45, 7) is 0. The molecule has 8 aromatic carbocycles. The zero-order valence-electron chi connectivity index (χ0n) is 34.8. The average Bonchev–Trinajstić information content (AvgIpc) is 3.87. The molecule has 0 aliphatic carbocycles. The van der Waals surface area contributed by atoms with Crippen LogP contribution in [0.3, 0.4) is 0 Å². The second-order valence-electron chi connectivity index (χ2n) is 13.6. The first-order chi connectivity index (χ1) is 29.8. The number of para-hydroxylation sites is 2. The van der Waals surface area contributed by atoms with Gasteiger partial charge in [0.15, 0.2) is 17.5 Å². The molecular formula is C51H32N4S. The average molecular weight is 738 g/mol. The van der Waals surface area contributed by atoms with E-state index in [-0.39, 0.29) is 29.7 Å². The molecule has 0 unspecified atom stereocenters. The largest absolute Gasteiger partial charge is 0.309 e. The molecule has 0 saturated carbocycles. The highest BCUT2D eigenvalue weighted by Crippen LogP contribution is 2.46. The highest BCUT2D eigenvalue weighted by atomic mass is 32.1. The molecule has 0 bridgehead atoms. The lowest BCUT2D eigenvalue weighted by molar-refractivity contribution is 1.07. The number of hydrogen-bond acceptors (Lipinski definition) is 4. The molecule has 3 aromatic heterocycles. The summed E-state index contributed by atoms with van der Waals surface area (Å²) in [4.78, 5) is 15.5. The van der Waals surface area contributed by atoms with Crippen LogP contribution in [-0.2, 0) is 0 Å². The monoisotopic (exact) mass is 737 g/mol. The molecular weight excluding hydrogens is 701 g/mol. The molecule has 262 valence electrons. The lowest BCUT2D eigenvalue weighted by atomic mass is 9.95. The van der Waals surface area contributed by atoms with Crippen LogP contribution in [0.4, 0.5) is 0 Å². The van der Waals surface area contributed by atoms with Crippen molar-refractivity contribution in [1.82, 2.24) is 19.5 Å². The van der Waals surface area contributed by atoms with Crippen molar-refractivity contribution in [3.05, 3.63) is 194 Å². The first kappa shape index (κ1) is 27.4. The molecule has 0 aliphatic heterocycles. The molecule has 11 rings (SSSR count). The van der Waals surface area contributed by atoms with Crippen molar-refractivity contribution < 1.29 is 6.85 Å². The summed E-state index contributed by atoms with van der Waals surface area (Å²) in [5, 5.41) is 4.14. The van der Waals surface area contributed by atoms with Crippen LogP contribution in [0.5, 0.6) is 0 Å². The summed E-state index contributed by atoms with van der Waals surface area (Å²) in [5.41, 5.74) is 8.20. The fraction of sp³-hybridized carbons (Fsp3) is 0. The molecule has 0 atom stereocenters. The van der Waals surface area contributed by atoms with E-state index in [0.29, 0.717) is 23.0 Å². The minimum absolute atomic E-state index is 0.166. The van der Waals surface area contributed by atoms with Crippen LogP contribution in [0, 0.1) is 0 Å². The fourth-order valence-electron chi connectivity index (χ4n) is 7.81. The van der Waals surface area contributed by atoms with Crippen LogP contribution >= 0.6 is 11.3 Å². The van der Waals surface area contributed by atoms with E-state index in [1.54, 1.807) is 0 Å². The van der Waals surface area contributed by atoms with Crippen molar-refractivity contribution in [3.63, 3.8) is 0 Å². The minimum atomic E-state index is -0.423. The van der Waals surface area contributed by atoms with Crippen LogP contribution in [-0.4, -0.2) is 19.5 Å². The van der Waals surface area contributed by atoms with Crippen molar-refractivity contribution >= 4 is 53.3 Å². The van der Waals surface area contributed by atoms with E-state index in [0.717, 1.165) is 64.7 Å². The van der Waals surface area contributed by atoms with E-state index >= 15 is 0 Å². The summed E-state index contributed by atoms with van der Waals surface area (Å²) in [6.07, 6.45) is 0. The molecule has 0 aliphatic rings. The molecule has 0 spiro atoms. The third-order valence-corrected chi connectivity index (χ3v) is 11.5. The van der Waals surface area contributed by atoms with Crippen molar-refractivity contribution in [3.8, 4) is 62.1 Å². The molecule has 0 N–H and O–H groups in total. The van der Waals surface area contributed by atoms with Gasteiger partial charge >= 0.3 is 0 Å². The Morgan fingerprint density at radius 3 is 1.77 bits per heavy atom. The van der Waals surface area contributed by atoms with Crippen molar-refractivity contribution in [2.45, 2.75) is 0 Å². The van der Waals surface area contributed by atoms with Crippen molar-refractivity contribution in [1.29, 1.82) is 0 Å². The molecule has 4 nitrogen and oxygen atoms in total. The second kappa shape index (κ2) is 13.3. The lowest BCUT2D eigenvalue weighted by Gasteiger charge is -2.12. The van der Waals surface area contributed by atoms with Crippen LogP contribution in [0.15, 0.2) is 194 Å². The van der Waals surface area contributed by atoms with Gasteiger partial charge in [-0.15, -0.1) is 11.3 Å². The quantitative estimate of drug-likeness (QED) is 0.171. The Labute approximate surface area is 334 Å². The third-order valence-electron chi connectivity index (χ3n) is 10.3. The van der Waals surface area contributed by atoms with Crippen LogP contribution < -0.4 is 0 Å². The molecule has 11 aromatic rings. The van der Waals surface area contributed by atoms with Gasteiger partial charge in [0, 0.05) is 58.9 Å². The Kier molecular flexibility index (Phi) is 6.49. The summed E-state index contributed by atoms with van der Waals surface area (Å²) >= 11 is 1.52. The van der Waals surface area contributed by atoms with Crippen LogP contribution in [0.25, 0.3) is 104 Å². The van der Waals surface area contributed by atoms with Gasteiger partial charge < -0.3 is 4.57 Å². The molecule has 0 fully saturated rings. The maximum Gasteiger partial charge on any atom is 0.164 e. The Balaban J connectivity index is 1.17. The maximum absolute atomic E-state index is 8.99. The number of aromatic nitrogens is 4. The second-order valence-corrected chi connectivity index (χ2v) is 14.7. The van der Waals surface area contributed by atoms with Gasteiger partial charge in [0.25, 0.3) is 0 Å². The van der Waals surface area contributed by atoms with Crippen LogP contribution in [0.1, 0.15) is 6.85 Å². The Hall–Kier alpha value is -7.21. The van der Waals surface area contributed by atoms with Gasteiger partial charge in [0.2, 0.25) is 0 Å². The predicted octanol–water partition coefficient (Wildman–Crippen LogP) is 13.7. The highest BCUT2D eigenvalue weighted by molar-refractivity contribution is 7.26. The summed E-state index contributed by atoms with van der Waals surface area (Å²) in [6, 6.07) is 53.5. The Morgan fingerprint density at radius 2 is 1.04 bits per heavy atom. The fourth-order valence-corrected chi connectivity index (χ4v) is 9.04.